The number of piperidine rings is 1. The molecule has 5 N–H and O–H groups in total. The lowest BCUT2D eigenvalue weighted by molar-refractivity contribution is -0.150. The van der Waals surface area contributed by atoms with E-state index in [9.17, 15) is 14.7 Å². The number of rotatable bonds is 48. The quantitative estimate of drug-likeness (QED) is 0.0234. The number of nitrogens with zero attached hydrogens (tertiary/aromatic N) is 3. The SMILES string of the molecule is CCCCCCCCCCCOC(=O)CCCCCCCN(CCCCCCCC(=O)OC(CCCCCCCC)CCCCCCCC)CC/C(N)=C/N(N)CCN1CCC(O)CC1. The van der Waals surface area contributed by atoms with Gasteiger partial charge in [0.05, 0.1) is 12.7 Å². The van der Waals surface area contributed by atoms with Crippen LogP contribution in [-0.4, -0.2) is 96.5 Å². The van der Waals surface area contributed by atoms with Gasteiger partial charge in [0, 0.05) is 63.9 Å². The highest BCUT2D eigenvalue weighted by Crippen LogP contribution is 2.19. The van der Waals surface area contributed by atoms with Crippen LogP contribution in [-0.2, 0) is 19.1 Å². The van der Waals surface area contributed by atoms with Crippen molar-refractivity contribution in [2.24, 2.45) is 11.6 Å². The number of aliphatic hydroxyl groups is 1. The molecule has 0 aromatic rings. The molecule has 0 aliphatic carbocycles. The fraction of sp³-hybridized carbons (Fsp3) is 0.927. The number of esters is 2. The Morgan fingerprint density at radius 2 is 1.00 bits per heavy atom. The van der Waals surface area contributed by atoms with Gasteiger partial charge < -0.3 is 35.1 Å². The molecule has 1 rings (SSSR count). The number of aliphatic hydroxyl groups excluding tert-OH is 1. The largest absolute Gasteiger partial charge is 0.466 e. The van der Waals surface area contributed by atoms with Crippen LogP contribution in [0.15, 0.2) is 11.9 Å². The highest BCUT2D eigenvalue weighted by atomic mass is 16.5. The summed E-state index contributed by atoms with van der Waals surface area (Å²) in [6.45, 7) is 13.8. The summed E-state index contributed by atoms with van der Waals surface area (Å²) < 4.78 is 11.6. The first-order valence-corrected chi connectivity index (χ1v) is 28.2. The van der Waals surface area contributed by atoms with Crippen molar-refractivity contribution in [2.45, 2.75) is 277 Å². The van der Waals surface area contributed by atoms with E-state index in [1.165, 1.54) is 122 Å². The standard InChI is InChI=1S/C55H109N5O5/c1-4-7-10-13-16-17-18-27-34-49-64-54(62)37-30-23-19-25-32-42-58(44-39-51(56)50-60(57)48-47-59-45-40-52(61)41-46-59)43-33-26-20-24-31-38-55(63)65-53(35-28-21-14-11-8-5-2)36-29-22-15-12-9-6-3/h50,52-53,61H,4-49,56-57H2,1-3H3/b51-50-. The zero-order chi connectivity index (χ0) is 47.3. The maximum Gasteiger partial charge on any atom is 0.306 e. The topological polar surface area (TPSA) is 135 Å². The number of carbonyl (C=O) groups is 2. The van der Waals surface area contributed by atoms with E-state index in [1.807, 2.05) is 6.20 Å². The zero-order valence-corrected chi connectivity index (χ0v) is 43.3. The van der Waals surface area contributed by atoms with Crippen molar-refractivity contribution in [3.63, 3.8) is 0 Å². The molecule has 0 atom stereocenters. The minimum Gasteiger partial charge on any atom is -0.466 e. The van der Waals surface area contributed by atoms with E-state index >= 15 is 0 Å². The predicted molar refractivity (Wildman–Crippen MR) is 275 cm³/mol. The average Bonchev–Trinajstić information content (AvgIpc) is 3.29. The second-order valence-corrected chi connectivity index (χ2v) is 19.9. The van der Waals surface area contributed by atoms with Gasteiger partial charge in [-0.1, -0.05) is 175 Å². The summed E-state index contributed by atoms with van der Waals surface area (Å²) in [5.41, 5.74) is 7.32. The first-order chi connectivity index (χ1) is 31.8. The smallest absolute Gasteiger partial charge is 0.306 e. The maximum absolute atomic E-state index is 12.9. The van der Waals surface area contributed by atoms with E-state index in [0.29, 0.717) is 26.0 Å². The second kappa shape index (κ2) is 45.9. The van der Waals surface area contributed by atoms with E-state index in [-0.39, 0.29) is 24.1 Å². The molecule has 1 heterocycles. The number of carbonyl (C=O) groups excluding carboxylic acids is 2. The Balaban J connectivity index is 2.42. The molecule has 0 unspecified atom stereocenters. The van der Waals surface area contributed by atoms with Crippen molar-refractivity contribution < 1.29 is 24.2 Å². The van der Waals surface area contributed by atoms with Gasteiger partial charge in [0.1, 0.15) is 6.10 Å². The fourth-order valence-electron chi connectivity index (χ4n) is 9.12. The highest BCUT2D eigenvalue weighted by molar-refractivity contribution is 5.69. The number of unbranched alkanes of at least 4 members (excludes halogenated alkanes) is 26. The minimum absolute atomic E-state index is 0.00967. The van der Waals surface area contributed by atoms with Crippen molar-refractivity contribution >= 4 is 11.9 Å². The van der Waals surface area contributed by atoms with Gasteiger partial charge in [0.25, 0.3) is 0 Å². The van der Waals surface area contributed by atoms with Crippen molar-refractivity contribution in [3.05, 3.63) is 11.9 Å². The van der Waals surface area contributed by atoms with Gasteiger partial charge in [0.2, 0.25) is 0 Å². The Morgan fingerprint density at radius 3 is 1.51 bits per heavy atom. The summed E-state index contributed by atoms with van der Waals surface area (Å²) in [6.07, 6.45) is 45.0. The lowest BCUT2D eigenvalue weighted by Crippen LogP contribution is -2.41. The number of nitrogens with two attached hydrogens (primary N) is 2. The number of ether oxygens (including phenoxy) is 2. The minimum atomic E-state index is -0.166. The van der Waals surface area contributed by atoms with E-state index in [1.54, 1.807) is 5.01 Å². The highest BCUT2D eigenvalue weighted by Gasteiger charge is 2.17. The lowest BCUT2D eigenvalue weighted by atomic mass is 10.0. The summed E-state index contributed by atoms with van der Waals surface area (Å²) >= 11 is 0. The summed E-state index contributed by atoms with van der Waals surface area (Å²) in [5, 5.41) is 11.5. The van der Waals surface area contributed by atoms with Crippen LogP contribution in [0.25, 0.3) is 0 Å². The Bertz CT molecular complexity index is 1070. The molecule has 384 valence electrons. The van der Waals surface area contributed by atoms with Crippen LogP contribution in [0.5, 0.6) is 0 Å². The van der Waals surface area contributed by atoms with Crippen molar-refractivity contribution in [3.8, 4) is 0 Å². The van der Waals surface area contributed by atoms with Crippen molar-refractivity contribution in [1.82, 2.24) is 14.8 Å². The Kier molecular flexibility index (Phi) is 43.2. The molecule has 0 radical (unpaired) electrons. The van der Waals surface area contributed by atoms with E-state index in [4.69, 9.17) is 21.1 Å². The first kappa shape index (κ1) is 61.1. The van der Waals surface area contributed by atoms with Crippen LogP contribution in [0.1, 0.15) is 265 Å². The van der Waals surface area contributed by atoms with Gasteiger partial charge in [-0.15, -0.1) is 0 Å². The number of hydrogen-bond acceptors (Lipinski definition) is 10. The summed E-state index contributed by atoms with van der Waals surface area (Å²) in [7, 11) is 0. The zero-order valence-electron chi connectivity index (χ0n) is 43.3. The average molecular weight is 921 g/mol. The molecule has 0 bridgehead atoms. The van der Waals surface area contributed by atoms with Gasteiger partial charge >= 0.3 is 11.9 Å². The summed E-state index contributed by atoms with van der Waals surface area (Å²) in [6, 6.07) is 0. The van der Waals surface area contributed by atoms with Crippen LogP contribution in [0.2, 0.25) is 0 Å². The third-order valence-electron chi connectivity index (χ3n) is 13.6. The predicted octanol–water partition coefficient (Wildman–Crippen LogP) is 13.3. The number of likely N-dealkylation sites (tertiary alicyclic amines) is 1. The van der Waals surface area contributed by atoms with Gasteiger partial charge in [-0.05, 0) is 83.7 Å². The molecule has 0 aromatic carbocycles. The molecule has 1 saturated heterocycles. The normalized spacial score (nSPS) is 13.9. The fourth-order valence-corrected chi connectivity index (χ4v) is 9.12. The molecule has 0 saturated carbocycles. The third-order valence-corrected chi connectivity index (χ3v) is 13.6. The Hall–Kier alpha value is -1.88. The van der Waals surface area contributed by atoms with Gasteiger partial charge in [0.15, 0.2) is 0 Å². The first-order valence-electron chi connectivity index (χ1n) is 28.2. The molecule has 10 nitrogen and oxygen atoms in total. The van der Waals surface area contributed by atoms with E-state index < -0.39 is 0 Å². The maximum atomic E-state index is 12.9. The third kappa shape index (κ3) is 40.9. The second-order valence-electron chi connectivity index (χ2n) is 19.9. The number of hydrazine groups is 1. The molecule has 0 aromatic heterocycles. The molecule has 10 heteroatoms. The van der Waals surface area contributed by atoms with Gasteiger partial charge in [-0.25, -0.2) is 5.84 Å². The summed E-state index contributed by atoms with van der Waals surface area (Å²) in [4.78, 5) is 30.1. The molecule has 0 spiro atoms. The van der Waals surface area contributed by atoms with E-state index in [2.05, 4.69) is 30.6 Å². The van der Waals surface area contributed by atoms with Crippen LogP contribution >= 0.6 is 0 Å². The molecular weight excluding hydrogens is 811 g/mol. The van der Waals surface area contributed by atoms with Crippen molar-refractivity contribution in [2.75, 3.05) is 52.4 Å². The van der Waals surface area contributed by atoms with Crippen LogP contribution < -0.4 is 11.6 Å². The van der Waals surface area contributed by atoms with E-state index in [0.717, 1.165) is 154 Å². The molecule has 65 heavy (non-hydrogen) atoms. The van der Waals surface area contributed by atoms with Gasteiger partial charge in [-0.3, -0.25) is 9.59 Å². The van der Waals surface area contributed by atoms with Crippen LogP contribution in [0.4, 0.5) is 0 Å². The van der Waals surface area contributed by atoms with Crippen molar-refractivity contribution in [1.29, 1.82) is 0 Å². The van der Waals surface area contributed by atoms with Crippen LogP contribution in [0, 0.1) is 0 Å². The summed E-state index contributed by atoms with van der Waals surface area (Å²) in [5.74, 6) is 6.31. The molecule has 1 aliphatic rings. The molecule has 1 aliphatic heterocycles. The monoisotopic (exact) mass is 920 g/mol. The van der Waals surface area contributed by atoms with Crippen LogP contribution in [0.3, 0.4) is 0 Å². The Labute approximate surface area is 402 Å². The molecule has 1 fully saturated rings. The Morgan fingerprint density at radius 1 is 0.569 bits per heavy atom. The number of hydrogen-bond donors (Lipinski definition) is 3. The molecular formula is C55H109N5O5. The van der Waals surface area contributed by atoms with Gasteiger partial charge in [-0.2, -0.15) is 0 Å². The lowest BCUT2D eigenvalue weighted by Gasteiger charge is -2.30. The molecule has 0 amide bonds.